The highest BCUT2D eigenvalue weighted by atomic mass is 32.3. The van der Waals surface area contributed by atoms with Crippen LogP contribution in [0.4, 0.5) is 3.89 Å². The zero-order valence-electron chi connectivity index (χ0n) is 6.57. The van der Waals surface area contributed by atoms with Crippen molar-refractivity contribution >= 4 is 10.2 Å². The molecule has 4 nitrogen and oxygen atoms in total. The van der Waals surface area contributed by atoms with E-state index < -0.39 is 16.0 Å². The number of rotatable bonds is 3. The van der Waals surface area contributed by atoms with Crippen LogP contribution in [0.1, 0.15) is 5.69 Å². The molecule has 0 saturated carbocycles. The molecule has 0 spiro atoms. The van der Waals surface area contributed by atoms with Crippen molar-refractivity contribution in [3.63, 3.8) is 0 Å². The molecular weight excluding hydrogens is 183 g/mol. The second-order valence-corrected chi connectivity index (χ2v) is 3.97. The van der Waals surface area contributed by atoms with Crippen LogP contribution in [0.15, 0.2) is 12.5 Å². The Morgan fingerprint density at radius 3 is 2.75 bits per heavy atom. The van der Waals surface area contributed by atoms with E-state index in [-0.39, 0.29) is 6.42 Å². The maximum Gasteiger partial charge on any atom is 0.302 e. The quantitative estimate of drug-likeness (QED) is 0.645. The SMILES string of the molecule is Cn1cncc1CCS(=O)(=O)F. The van der Waals surface area contributed by atoms with E-state index in [2.05, 4.69) is 4.98 Å². The van der Waals surface area contributed by atoms with Gasteiger partial charge in [0.15, 0.2) is 0 Å². The third kappa shape index (κ3) is 2.61. The lowest BCUT2D eigenvalue weighted by molar-refractivity contribution is 0.550. The highest BCUT2D eigenvalue weighted by molar-refractivity contribution is 7.86. The molecule has 0 saturated heterocycles. The van der Waals surface area contributed by atoms with Crippen molar-refractivity contribution in [2.75, 3.05) is 5.75 Å². The van der Waals surface area contributed by atoms with E-state index in [1.54, 1.807) is 17.9 Å². The van der Waals surface area contributed by atoms with Crippen LogP contribution in [0, 0.1) is 0 Å². The minimum absolute atomic E-state index is 0.162. The minimum atomic E-state index is -4.36. The highest BCUT2D eigenvalue weighted by Crippen LogP contribution is 2.01. The van der Waals surface area contributed by atoms with Gasteiger partial charge in [0.25, 0.3) is 0 Å². The van der Waals surface area contributed by atoms with Gasteiger partial charge in [-0.15, -0.1) is 3.89 Å². The molecule has 1 aromatic heterocycles. The second kappa shape index (κ2) is 3.22. The van der Waals surface area contributed by atoms with Crippen molar-refractivity contribution < 1.29 is 12.3 Å². The molecule has 12 heavy (non-hydrogen) atoms. The Bertz CT molecular complexity index is 357. The Labute approximate surface area is 70.3 Å². The molecule has 0 aliphatic carbocycles. The molecule has 0 aliphatic rings. The number of aromatic nitrogens is 2. The summed E-state index contributed by atoms with van der Waals surface area (Å²) in [6, 6.07) is 0. The molecule has 1 heterocycles. The fourth-order valence-electron chi connectivity index (χ4n) is 0.852. The summed E-state index contributed by atoms with van der Waals surface area (Å²) in [7, 11) is -2.63. The summed E-state index contributed by atoms with van der Waals surface area (Å²) in [5, 5.41) is 0. The molecule has 0 aromatic carbocycles. The van der Waals surface area contributed by atoms with Gasteiger partial charge in [0.05, 0.1) is 12.1 Å². The Morgan fingerprint density at radius 1 is 1.67 bits per heavy atom. The number of hydrogen-bond donors (Lipinski definition) is 0. The predicted molar refractivity (Wildman–Crippen MR) is 41.8 cm³/mol. The summed E-state index contributed by atoms with van der Waals surface area (Å²) in [4.78, 5) is 3.77. The van der Waals surface area contributed by atoms with E-state index >= 15 is 0 Å². The van der Waals surface area contributed by atoms with Gasteiger partial charge in [-0.2, -0.15) is 8.42 Å². The fourth-order valence-corrected chi connectivity index (χ4v) is 1.30. The molecule has 0 atom stereocenters. The molecule has 0 N–H and O–H groups in total. The summed E-state index contributed by atoms with van der Waals surface area (Å²) in [6.45, 7) is 0. The van der Waals surface area contributed by atoms with Gasteiger partial charge in [-0.25, -0.2) is 4.98 Å². The van der Waals surface area contributed by atoms with Gasteiger partial charge in [0, 0.05) is 25.4 Å². The maximum atomic E-state index is 12.1. The Hall–Kier alpha value is -0.910. The average molecular weight is 192 g/mol. The lowest BCUT2D eigenvalue weighted by atomic mass is 10.4. The van der Waals surface area contributed by atoms with Gasteiger partial charge in [0.1, 0.15) is 0 Å². The second-order valence-electron chi connectivity index (χ2n) is 2.49. The number of nitrogens with zero attached hydrogens (tertiary/aromatic N) is 2. The maximum absolute atomic E-state index is 12.1. The van der Waals surface area contributed by atoms with Crippen LogP contribution in [0.3, 0.4) is 0 Å². The molecule has 0 radical (unpaired) electrons. The van der Waals surface area contributed by atoms with Gasteiger partial charge in [-0.3, -0.25) is 0 Å². The van der Waals surface area contributed by atoms with Crippen molar-refractivity contribution in [2.45, 2.75) is 6.42 Å². The van der Waals surface area contributed by atoms with Crippen molar-refractivity contribution in [2.24, 2.45) is 7.05 Å². The molecule has 0 aliphatic heterocycles. The van der Waals surface area contributed by atoms with E-state index in [9.17, 15) is 12.3 Å². The van der Waals surface area contributed by atoms with E-state index in [1.807, 2.05) is 0 Å². The topological polar surface area (TPSA) is 52.0 Å². The zero-order chi connectivity index (χ0) is 9.19. The smallest absolute Gasteiger partial charge is 0.302 e. The summed E-state index contributed by atoms with van der Waals surface area (Å²) < 4.78 is 34.0. The van der Waals surface area contributed by atoms with Crippen LogP contribution in [0.2, 0.25) is 0 Å². The van der Waals surface area contributed by atoms with Gasteiger partial charge >= 0.3 is 10.2 Å². The minimum Gasteiger partial charge on any atom is -0.338 e. The lowest BCUT2D eigenvalue weighted by Gasteiger charge is -1.97. The van der Waals surface area contributed by atoms with Crippen LogP contribution >= 0.6 is 0 Å². The van der Waals surface area contributed by atoms with E-state index in [1.165, 1.54) is 6.20 Å². The van der Waals surface area contributed by atoms with Crippen LogP contribution in [0.5, 0.6) is 0 Å². The third-order valence-corrected chi connectivity index (χ3v) is 2.21. The first-order chi connectivity index (χ1) is 5.49. The number of hydrogen-bond acceptors (Lipinski definition) is 3. The third-order valence-electron chi connectivity index (χ3n) is 1.52. The summed E-state index contributed by atoms with van der Waals surface area (Å²) >= 11 is 0. The highest BCUT2D eigenvalue weighted by Gasteiger charge is 2.08. The molecule has 0 fully saturated rings. The van der Waals surface area contributed by atoms with Crippen LogP contribution in [-0.2, 0) is 23.7 Å². The zero-order valence-corrected chi connectivity index (χ0v) is 7.38. The Balaban J connectivity index is 2.61. The largest absolute Gasteiger partial charge is 0.338 e. The number of aryl methyl sites for hydroxylation is 2. The molecule has 6 heteroatoms. The van der Waals surface area contributed by atoms with Crippen molar-refractivity contribution in [3.05, 3.63) is 18.2 Å². The predicted octanol–water partition coefficient (Wildman–Crippen LogP) is 0.262. The van der Waals surface area contributed by atoms with Gasteiger partial charge in [-0.1, -0.05) is 0 Å². The van der Waals surface area contributed by atoms with E-state index in [0.29, 0.717) is 5.69 Å². The fraction of sp³-hybridized carbons (Fsp3) is 0.500. The molecule has 68 valence electrons. The van der Waals surface area contributed by atoms with Gasteiger partial charge in [0.2, 0.25) is 0 Å². The molecule has 0 unspecified atom stereocenters. The number of halogens is 1. The average Bonchev–Trinajstić information content (AvgIpc) is 2.29. The first kappa shape index (κ1) is 9.18. The molecule has 0 amide bonds. The lowest BCUT2D eigenvalue weighted by Crippen LogP contribution is -2.05. The van der Waals surface area contributed by atoms with Crippen LogP contribution in [-0.4, -0.2) is 23.7 Å². The van der Waals surface area contributed by atoms with Gasteiger partial charge < -0.3 is 4.57 Å². The van der Waals surface area contributed by atoms with Crippen LogP contribution < -0.4 is 0 Å². The Kier molecular flexibility index (Phi) is 2.46. The van der Waals surface area contributed by atoms with E-state index in [0.717, 1.165) is 0 Å². The normalized spacial score (nSPS) is 11.8. The summed E-state index contributed by atoms with van der Waals surface area (Å²) in [6.07, 6.45) is 3.22. The van der Waals surface area contributed by atoms with Crippen molar-refractivity contribution in [1.82, 2.24) is 9.55 Å². The summed E-state index contributed by atoms with van der Waals surface area (Å²) in [5.74, 6) is -0.480. The molecule has 1 rings (SSSR count). The van der Waals surface area contributed by atoms with Gasteiger partial charge in [-0.05, 0) is 0 Å². The monoisotopic (exact) mass is 192 g/mol. The first-order valence-corrected chi connectivity index (χ1v) is 4.92. The van der Waals surface area contributed by atoms with Crippen molar-refractivity contribution in [3.8, 4) is 0 Å². The molecule has 1 aromatic rings. The standard InChI is InChI=1S/C6H9FN2O2S/c1-9-5-8-4-6(9)2-3-12(7,10)11/h4-5H,2-3H2,1H3. The molecular formula is C6H9FN2O2S. The number of imidazole rings is 1. The Morgan fingerprint density at radius 2 is 2.33 bits per heavy atom. The molecule has 0 bridgehead atoms. The van der Waals surface area contributed by atoms with E-state index in [4.69, 9.17) is 0 Å². The summed E-state index contributed by atoms with van der Waals surface area (Å²) in [5.41, 5.74) is 0.705. The van der Waals surface area contributed by atoms with Crippen molar-refractivity contribution in [1.29, 1.82) is 0 Å². The van der Waals surface area contributed by atoms with Crippen LogP contribution in [0.25, 0.3) is 0 Å². The first-order valence-electron chi connectivity index (χ1n) is 3.36.